The molecule has 0 aromatic carbocycles. The molecule has 1 aliphatic rings. The molecule has 0 aliphatic heterocycles. The number of carboxylic acids is 1. The molecule has 72 valence electrons. The number of hydrogen-bond acceptors (Lipinski definition) is 1. The van der Waals surface area contributed by atoms with E-state index >= 15 is 0 Å². The average Bonchev–Trinajstić information content (AvgIpc) is 2.05. The van der Waals surface area contributed by atoms with E-state index in [9.17, 15) is 4.79 Å². The fourth-order valence-corrected chi connectivity index (χ4v) is 2.02. The maximum absolute atomic E-state index is 10.2. The molecule has 1 aliphatic carbocycles. The standard InChI is InChI=1S/C10H18O2.Hg/c11-10(12)8-4-7-9-5-2-1-3-6-9;/h9H,1-8H2,(H,11,12);. The van der Waals surface area contributed by atoms with Crippen LogP contribution in [0.5, 0.6) is 0 Å². The Kier molecular flexibility index (Phi) is 8.02. The summed E-state index contributed by atoms with van der Waals surface area (Å²) in [5.41, 5.74) is 0. The minimum atomic E-state index is -0.647. The van der Waals surface area contributed by atoms with Crippen LogP contribution < -0.4 is 0 Å². The van der Waals surface area contributed by atoms with E-state index in [1.165, 1.54) is 32.1 Å². The van der Waals surface area contributed by atoms with Crippen molar-refractivity contribution in [3.8, 4) is 0 Å². The second-order valence-corrected chi connectivity index (χ2v) is 3.79. The molecule has 1 N–H and O–H groups in total. The summed E-state index contributed by atoms with van der Waals surface area (Å²) in [4.78, 5) is 10.2. The fourth-order valence-electron chi connectivity index (χ4n) is 2.02. The molecule has 0 aromatic rings. The number of carbonyl (C=O) groups is 1. The van der Waals surface area contributed by atoms with Crippen LogP contribution in [0.1, 0.15) is 51.4 Å². The van der Waals surface area contributed by atoms with Gasteiger partial charge in [-0.15, -0.1) is 0 Å². The van der Waals surface area contributed by atoms with Crippen LogP contribution in [0.25, 0.3) is 0 Å². The normalized spacial score (nSPS) is 17.8. The molecule has 1 saturated carbocycles. The second-order valence-electron chi connectivity index (χ2n) is 3.79. The number of aliphatic carboxylic acids is 1. The molecule has 0 atom stereocenters. The van der Waals surface area contributed by atoms with Crippen LogP contribution >= 0.6 is 0 Å². The van der Waals surface area contributed by atoms with Gasteiger partial charge >= 0.3 is 5.97 Å². The van der Waals surface area contributed by atoms with Crippen molar-refractivity contribution >= 4 is 5.97 Å². The molecule has 1 rings (SSSR count). The maximum Gasteiger partial charge on any atom is 0.303 e. The van der Waals surface area contributed by atoms with Crippen molar-refractivity contribution in [3.05, 3.63) is 0 Å². The Morgan fingerprint density at radius 1 is 1.23 bits per heavy atom. The third-order valence-corrected chi connectivity index (χ3v) is 2.73. The van der Waals surface area contributed by atoms with E-state index in [2.05, 4.69) is 0 Å². The molecule has 0 spiro atoms. The van der Waals surface area contributed by atoms with E-state index in [4.69, 9.17) is 5.11 Å². The predicted molar refractivity (Wildman–Crippen MR) is 48.1 cm³/mol. The zero-order valence-electron chi connectivity index (χ0n) is 8.30. The monoisotopic (exact) mass is 372 g/mol. The molecule has 0 saturated heterocycles. The molecule has 0 aromatic heterocycles. The summed E-state index contributed by atoms with van der Waals surface area (Å²) in [6, 6.07) is 0. The van der Waals surface area contributed by atoms with E-state index in [1.54, 1.807) is 0 Å². The van der Waals surface area contributed by atoms with Gasteiger partial charge in [0.2, 0.25) is 0 Å². The van der Waals surface area contributed by atoms with Gasteiger partial charge in [-0.2, -0.15) is 0 Å². The largest absolute Gasteiger partial charge is 0.481 e. The Morgan fingerprint density at radius 2 is 1.85 bits per heavy atom. The van der Waals surface area contributed by atoms with E-state index in [1.807, 2.05) is 0 Å². The summed E-state index contributed by atoms with van der Waals surface area (Å²) in [6.45, 7) is 0. The Balaban J connectivity index is 0.00000144. The molecular formula is C10H18HgO2. The molecule has 2 nitrogen and oxygen atoms in total. The van der Waals surface area contributed by atoms with Gasteiger partial charge in [0.15, 0.2) is 0 Å². The molecule has 0 radical (unpaired) electrons. The summed E-state index contributed by atoms with van der Waals surface area (Å²) >= 11 is 0. The van der Waals surface area contributed by atoms with Crippen LogP contribution in [0.4, 0.5) is 0 Å². The fraction of sp³-hybridized carbons (Fsp3) is 0.900. The molecule has 0 amide bonds. The van der Waals surface area contributed by atoms with E-state index < -0.39 is 5.97 Å². The first-order chi connectivity index (χ1) is 5.79. The SMILES string of the molecule is O=C(O)CCCC1CCCCC1.[Hg]. The first-order valence-corrected chi connectivity index (χ1v) is 5.01. The molecule has 3 heteroatoms. The first-order valence-electron chi connectivity index (χ1n) is 5.01. The van der Waals surface area contributed by atoms with Crippen molar-refractivity contribution in [2.75, 3.05) is 0 Å². The molecule has 0 heterocycles. The average molecular weight is 371 g/mol. The van der Waals surface area contributed by atoms with Gasteiger partial charge < -0.3 is 5.11 Å². The first kappa shape index (κ1) is 13.4. The van der Waals surface area contributed by atoms with Crippen molar-refractivity contribution < 1.29 is 37.6 Å². The third-order valence-electron chi connectivity index (χ3n) is 2.73. The van der Waals surface area contributed by atoms with Crippen LogP contribution in [0, 0.1) is 5.92 Å². The van der Waals surface area contributed by atoms with Crippen molar-refractivity contribution in [1.82, 2.24) is 0 Å². The van der Waals surface area contributed by atoms with Crippen LogP contribution in [0.3, 0.4) is 0 Å². The molecule has 13 heavy (non-hydrogen) atoms. The Morgan fingerprint density at radius 3 is 2.38 bits per heavy atom. The van der Waals surface area contributed by atoms with E-state index in [0.29, 0.717) is 6.42 Å². The topological polar surface area (TPSA) is 37.3 Å². The molecule has 1 fully saturated rings. The Labute approximate surface area is 101 Å². The zero-order valence-corrected chi connectivity index (χ0v) is 13.8. The van der Waals surface area contributed by atoms with Gasteiger partial charge in [0.05, 0.1) is 0 Å². The van der Waals surface area contributed by atoms with Crippen LogP contribution in [0.15, 0.2) is 0 Å². The van der Waals surface area contributed by atoms with Gasteiger partial charge in [-0.05, 0) is 18.8 Å². The molecule has 0 bridgehead atoms. The van der Waals surface area contributed by atoms with Crippen molar-refractivity contribution in [2.24, 2.45) is 5.92 Å². The number of carboxylic acid groups (broad SMARTS) is 1. The maximum atomic E-state index is 10.2. The Bertz CT molecular complexity index is 142. The second kappa shape index (κ2) is 7.78. The molecular weight excluding hydrogens is 353 g/mol. The van der Waals surface area contributed by atoms with Gasteiger partial charge in [-0.3, -0.25) is 4.79 Å². The van der Waals surface area contributed by atoms with Crippen LogP contribution in [-0.2, 0) is 32.5 Å². The predicted octanol–water partition coefficient (Wildman–Crippen LogP) is 2.82. The Hall–Kier alpha value is 0.405. The summed E-state index contributed by atoms with van der Waals surface area (Å²) in [7, 11) is 0. The van der Waals surface area contributed by atoms with E-state index in [0.717, 1.165) is 18.8 Å². The van der Waals surface area contributed by atoms with Crippen molar-refractivity contribution in [1.29, 1.82) is 0 Å². The van der Waals surface area contributed by atoms with Crippen LogP contribution in [0.2, 0.25) is 0 Å². The minimum Gasteiger partial charge on any atom is -0.481 e. The molecule has 0 unspecified atom stereocenters. The smallest absolute Gasteiger partial charge is 0.303 e. The summed E-state index contributed by atoms with van der Waals surface area (Å²) < 4.78 is 0. The van der Waals surface area contributed by atoms with Crippen LogP contribution in [-0.4, -0.2) is 11.1 Å². The number of rotatable bonds is 4. The number of hydrogen-bond donors (Lipinski definition) is 1. The zero-order chi connectivity index (χ0) is 8.81. The summed E-state index contributed by atoms with van der Waals surface area (Å²) in [6.07, 6.45) is 9.13. The minimum absolute atomic E-state index is 0. The van der Waals surface area contributed by atoms with E-state index in [-0.39, 0.29) is 27.7 Å². The van der Waals surface area contributed by atoms with Crippen molar-refractivity contribution in [2.45, 2.75) is 51.4 Å². The quantitative estimate of drug-likeness (QED) is 0.773. The van der Waals surface area contributed by atoms with Gasteiger partial charge in [0, 0.05) is 34.1 Å². The van der Waals surface area contributed by atoms with Gasteiger partial charge in [0.1, 0.15) is 0 Å². The summed E-state index contributed by atoms with van der Waals surface area (Å²) in [5, 5.41) is 8.44. The third kappa shape index (κ3) is 6.47. The summed E-state index contributed by atoms with van der Waals surface area (Å²) in [5.74, 6) is 0.184. The van der Waals surface area contributed by atoms with Gasteiger partial charge in [-0.1, -0.05) is 32.1 Å². The van der Waals surface area contributed by atoms with Gasteiger partial charge in [-0.25, -0.2) is 0 Å². The van der Waals surface area contributed by atoms with Crippen molar-refractivity contribution in [3.63, 3.8) is 0 Å². The van der Waals surface area contributed by atoms with Gasteiger partial charge in [0.25, 0.3) is 0 Å².